The van der Waals surface area contributed by atoms with Gasteiger partial charge in [0.05, 0.1) is 21.5 Å². The lowest BCUT2D eigenvalue weighted by atomic mass is 10.1. The fraction of sp³-hybridized carbons (Fsp3) is 0. The Morgan fingerprint density at radius 1 is 1.04 bits per heavy atom. The van der Waals surface area contributed by atoms with Gasteiger partial charge < -0.3 is 5.32 Å². The van der Waals surface area contributed by atoms with Gasteiger partial charge in [-0.25, -0.2) is 9.37 Å². The van der Waals surface area contributed by atoms with E-state index in [2.05, 4.69) is 10.3 Å². The number of aromatic nitrogens is 1. The van der Waals surface area contributed by atoms with Gasteiger partial charge in [0.15, 0.2) is 0 Å². The summed E-state index contributed by atoms with van der Waals surface area (Å²) in [6, 6.07) is 19.6. The number of para-hydroxylation sites is 2. The van der Waals surface area contributed by atoms with Crippen molar-refractivity contribution in [2.75, 3.05) is 5.32 Å². The number of thiazole rings is 1. The molecule has 3 aromatic carbocycles. The van der Waals surface area contributed by atoms with Crippen molar-refractivity contribution in [1.29, 1.82) is 0 Å². The molecule has 1 heterocycles. The zero-order valence-electron chi connectivity index (χ0n) is 13.4. The second kappa shape index (κ2) is 7.13. The Hall–Kier alpha value is -2.32. The molecule has 4 aromatic rings. The smallest absolute Gasteiger partial charge is 0.256 e. The fourth-order valence-electron chi connectivity index (χ4n) is 2.63. The van der Waals surface area contributed by atoms with E-state index in [4.69, 9.17) is 0 Å². The number of carbonyl (C=O) groups excluding carboxylic acids is 1. The van der Waals surface area contributed by atoms with Crippen LogP contribution in [-0.4, -0.2) is 10.9 Å². The Bertz CT molecular complexity index is 1090. The highest BCUT2D eigenvalue weighted by Gasteiger charge is 2.15. The second-order valence-electron chi connectivity index (χ2n) is 5.61. The second-order valence-corrected chi connectivity index (χ2v) is 7.80. The van der Waals surface area contributed by atoms with Crippen LogP contribution in [0.4, 0.5) is 10.1 Å². The largest absolute Gasteiger partial charge is 0.321 e. The lowest BCUT2D eigenvalue weighted by Gasteiger charge is -2.10. The van der Waals surface area contributed by atoms with E-state index in [-0.39, 0.29) is 11.7 Å². The molecular weight excluding hydrogens is 462 g/mol. The Kier molecular flexibility index (Phi) is 4.69. The fourth-order valence-corrected chi connectivity index (χ4v) is 4.36. The molecular formula is C20H12FIN2OS. The molecule has 1 N–H and O–H groups in total. The summed E-state index contributed by atoms with van der Waals surface area (Å²) in [5, 5.41) is 3.77. The normalized spacial score (nSPS) is 10.8. The van der Waals surface area contributed by atoms with Crippen molar-refractivity contribution >= 4 is 55.7 Å². The topological polar surface area (TPSA) is 42.0 Å². The van der Waals surface area contributed by atoms with Gasteiger partial charge in [-0.2, -0.15) is 0 Å². The van der Waals surface area contributed by atoms with Gasteiger partial charge in [0.25, 0.3) is 5.91 Å². The molecule has 0 fully saturated rings. The van der Waals surface area contributed by atoms with Crippen molar-refractivity contribution in [2.45, 2.75) is 0 Å². The number of halogens is 2. The van der Waals surface area contributed by atoms with E-state index in [9.17, 15) is 9.18 Å². The molecule has 0 aliphatic rings. The number of benzene rings is 3. The summed E-state index contributed by atoms with van der Waals surface area (Å²) in [6.07, 6.45) is 0. The van der Waals surface area contributed by atoms with Gasteiger partial charge in [0.1, 0.15) is 10.8 Å². The van der Waals surface area contributed by atoms with Crippen molar-refractivity contribution in [3.05, 3.63) is 81.7 Å². The SMILES string of the molecule is O=C(Nc1ccccc1-c1nc2ccccc2s1)c1ccc(F)cc1I. The first-order valence-corrected chi connectivity index (χ1v) is 9.73. The van der Waals surface area contributed by atoms with Gasteiger partial charge in [-0.15, -0.1) is 11.3 Å². The van der Waals surface area contributed by atoms with E-state index in [1.165, 1.54) is 18.2 Å². The van der Waals surface area contributed by atoms with Crippen molar-refractivity contribution in [3.8, 4) is 10.6 Å². The maximum absolute atomic E-state index is 13.3. The van der Waals surface area contributed by atoms with Crippen molar-refractivity contribution in [1.82, 2.24) is 4.98 Å². The molecule has 0 spiro atoms. The molecule has 1 amide bonds. The highest BCUT2D eigenvalue weighted by molar-refractivity contribution is 14.1. The minimum atomic E-state index is -0.360. The average Bonchev–Trinajstić information content (AvgIpc) is 3.06. The zero-order chi connectivity index (χ0) is 18.1. The predicted octanol–water partition coefficient (Wildman–Crippen LogP) is 5.96. The Labute approximate surface area is 167 Å². The maximum atomic E-state index is 13.3. The lowest BCUT2D eigenvalue weighted by Crippen LogP contribution is -2.14. The third-order valence-electron chi connectivity index (χ3n) is 3.88. The van der Waals surface area contributed by atoms with Crippen LogP contribution in [0, 0.1) is 9.39 Å². The first kappa shape index (κ1) is 17.1. The van der Waals surface area contributed by atoms with E-state index in [1.807, 2.05) is 71.1 Å². The molecule has 6 heteroatoms. The molecule has 3 nitrogen and oxygen atoms in total. The van der Waals surface area contributed by atoms with E-state index in [1.54, 1.807) is 11.3 Å². The minimum absolute atomic E-state index is 0.275. The van der Waals surface area contributed by atoms with Gasteiger partial charge >= 0.3 is 0 Å². The number of hydrogen-bond donors (Lipinski definition) is 1. The van der Waals surface area contributed by atoms with Crippen molar-refractivity contribution in [2.24, 2.45) is 0 Å². The summed E-state index contributed by atoms with van der Waals surface area (Å²) in [4.78, 5) is 17.3. The van der Waals surface area contributed by atoms with Gasteiger partial charge in [-0.3, -0.25) is 4.79 Å². The highest BCUT2D eigenvalue weighted by atomic mass is 127. The summed E-state index contributed by atoms with van der Waals surface area (Å²) in [5.41, 5.74) is 2.91. The molecule has 0 bridgehead atoms. The number of rotatable bonds is 3. The van der Waals surface area contributed by atoms with Crippen LogP contribution in [0.5, 0.6) is 0 Å². The molecule has 0 radical (unpaired) electrons. The quantitative estimate of drug-likeness (QED) is 0.373. The van der Waals surface area contributed by atoms with E-state index < -0.39 is 0 Å². The standard InChI is InChI=1S/C20H12FIN2OS/c21-12-9-10-13(15(22)11-12)19(25)23-16-6-2-1-5-14(16)20-24-17-7-3-4-8-18(17)26-20/h1-11H,(H,23,25). The molecule has 0 saturated heterocycles. The summed E-state index contributed by atoms with van der Waals surface area (Å²) in [6.45, 7) is 0. The molecule has 128 valence electrons. The van der Waals surface area contributed by atoms with E-state index >= 15 is 0 Å². The van der Waals surface area contributed by atoms with Crippen molar-refractivity contribution < 1.29 is 9.18 Å². The van der Waals surface area contributed by atoms with Crippen LogP contribution >= 0.6 is 33.9 Å². The number of nitrogens with zero attached hydrogens (tertiary/aromatic N) is 1. The number of nitrogens with one attached hydrogen (secondary N) is 1. The predicted molar refractivity (Wildman–Crippen MR) is 112 cm³/mol. The molecule has 1 aromatic heterocycles. The zero-order valence-corrected chi connectivity index (χ0v) is 16.3. The van der Waals surface area contributed by atoms with Crippen LogP contribution in [0.1, 0.15) is 10.4 Å². The number of carbonyl (C=O) groups is 1. The number of anilines is 1. The lowest BCUT2D eigenvalue weighted by molar-refractivity contribution is 0.102. The Morgan fingerprint density at radius 2 is 1.81 bits per heavy atom. The Balaban J connectivity index is 1.70. The van der Waals surface area contributed by atoms with E-state index in [0.29, 0.717) is 14.8 Å². The molecule has 0 saturated carbocycles. The molecule has 0 unspecified atom stereocenters. The molecule has 4 rings (SSSR count). The van der Waals surface area contributed by atoms with Crippen LogP contribution in [0.25, 0.3) is 20.8 Å². The molecule has 0 aliphatic carbocycles. The van der Waals surface area contributed by atoms with Gasteiger partial charge in [-0.05, 0) is 65.1 Å². The van der Waals surface area contributed by atoms with Crippen LogP contribution in [-0.2, 0) is 0 Å². The molecule has 0 aliphatic heterocycles. The summed E-state index contributed by atoms with van der Waals surface area (Å²) in [7, 11) is 0. The number of fused-ring (bicyclic) bond motifs is 1. The maximum Gasteiger partial charge on any atom is 0.256 e. The summed E-state index contributed by atoms with van der Waals surface area (Å²) in [5.74, 6) is -0.635. The third-order valence-corrected chi connectivity index (χ3v) is 5.84. The highest BCUT2D eigenvalue weighted by Crippen LogP contribution is 2.34. The summed E-state index contributed by atoms with van der Waals surface area (Å²) >= 11 is 3.54. The van der Waals surface area contributed by atoms with Crippen molar-refractivity contribution in [3.63, 3.8) is 0 Å². The third kappa shape index (κ3) is 3.34. The first-order chi connectivity index (χ1) is 12.6. The summed E-state index contributed by atoms with van der Waals surface area (Å²) < 4.78 is 14.9. The van der Waals surface area contributed by atoms with E-state index in [0.717, 1.165) is 20.8 Å². The Morgan fingerprint density at radius 3 is 2.62 bits per heavy atom. The minimum Gasteiger partial charge on any atom is -0.321 e. The monoisotopic (exact) mass is 474 g/mol. The van der Waals surface area contributed by atoms with Crippen LogP contribution in [0.15, 0.2) is 66.7 Å². The average molecular weight is 474 g/mol. The van der Waals surface area contributed by atoms with Gasteiger partial charge in [0, 0.05) is 9.13 Å². The van der Waals surface area contributed by atoms with Gasteiger partial charge in [0.2, 0.25) is 0 Å². The van der Waals surface area contributed by atoms with Gasteiger partial charge in [-0.1, -0.05) is 24.3 Å². The molecule has 26 heavy (non-hydrogen) atoms. The first-order valence-electron chi connectivity index (χ1n) is 7.83. The number of hydrogen-bond acceptors (Lipinski definition) is 3. The van der Waals surface area contributed by atoms with Crippen LogP contribution in [0.3, 0.4) is 0 Å². The number of amides is 1. The molecule has 0 atom stereocenters. The van der Waals surface area contributed by atoms with Crippen LogP contribution in [0.2, 0.25) is 0 Å². The van der Waals surface area contributed by atoms with Crippen LogP contribution < -0.4 is 5.32 Å².